The van der Waals surface area contributed by atoms with E-state index >= 15 is 0 Å². The molecule has 2 aromatic carbocycles. The summed E-state index contributed by atoms with van der Waals surface area (Å²) in [5.74, 6) is 3.73. The van der Waals surface area contributed by atoms with Crippen molar-refractivity contribution in [2.24, 2.45) is 11.8 Å². The molecule has 2 amide bonds. The van der Waals surface area contributed by atoms with Gasteiger partial charge in [0.25, 0.3) is 0 Å². The van der Waals surface area contributed by atoms with Gasteiger partial charge in [-0.15, -0.1) is 11.8 Å². The lowest BCUT2D eigenvalue weighted by Crippen LogP contribution is -2.47. The molecule has 2 aromatic rings. The smallest absolute Gasteiger partial charge is 0.407 e. The number of ether oxygens (including phenoxy) is 1. The number of carboxylic acids is 1. The monoisotopic (exact) mass is 446 g/mol. The van der Waals surface area contributed by atoms with Gasteiger partial charge >= 0.3 is 12.1 Å². The van der Waals surface area contributed by atoms with Gasteiger partial charge in [0, 0.05) is 18.9 Å². The van der Waals surface area contributed by atoms with Crippen molar-refractivity contribution >= 4 is 18.0 Å². The number of nitrogens with one attached hydrogen (secondary N) is 2. The van der Waals surface area contributed by atoms with Crippen LogP contribution in [0.15, 0.2) is 48.5 Å². The van der Waals surface area contributed by atoms with E-state index < -0.39 is 29.9 Å². The van der Waals surface area contributed by atoms with Crippen molar-refractivity contribution in [2.75, 3.05) is 13.2 Å². The number of carboxylic acid groups (broad SMARTS) is 1. The number of amides is 2. The first kappa shape index (κ1) is 22.4. The van der Waals surface area contributed by atoms with Gasteiger partial charge in [-0.3, -0.25) is 9.59 Å². The van der Waals surface area contributed by atoms with Crippen LogP contribution in [0.5, 0.6) is 0 Å². The summed E-state index contributed by atoms with van der Waals surface area (Å²) in [5.41, 5.74) is 4.49. The molecule has 2 aliphatic carbocycles. The molecule has 3 atom stereocenters. The van der Waals surface area contributed by atoms with Crippen LogP contribution in [0.4, 0.5) is 4.79 Å². The van der Waals surface area contributed by atoms with E-state index in [1.165, 1.54) is 0 Å². The zero-order chi connectivity index (χ0) is 23.4. The molecule has 2 aliphatic rings. The molecule has 170 valence electrons. The standard InChI is InChI=1S/C26H26N2O5/c1-2-3-12-23(24(29)27-14-16-13-21(16)25(30)31)28-26(32)33-15-22-19-10-6-4-8-17(19)18-9-5-7-11-20(18)22/h4-11,16,21-23H,12-15H2,1H3,(H,27,29)(H,28,32)(H,30,31). The van der Waals surface area contributed by atoms with Crippen LogP contribution in [-0.2, 0) is 14.3 Å². The van der Waals surface area contributed by atoms with E-state index in [0.29, 0.717) is 6.42 Å². The second-order valence-corrected chi connectivity index (χ2v) is 8.34. The summed E-state index contributed by atoms with van der Waals surface area (Å²) in [4.78, 5) is 36.1. The van der Waals surface area contributed by atoms with E-state index in [2.05, 4.69) is 34.6 Å². The highest BCUT2D eigenvalue weighted by Crippen LogP contribution is 2.44. The zero-order valence-electron chi connectivity index (χ0n) is 18.3. The quantitative estimate of drug-likeness (QED) is 0.541. The average Bonchev–Trinajstić information content (AvgIpc) is 3.54. The molecule has 0 heterocycles. The summed E-state index contributed by atoms with van der Waals surface area (Å²) in [7, 11) is 0. The number of benzene rings is 2. The van der Waals surface area contributed by atoms with Crippen LogP contribution in [0.3, 0.4) is 0 Å². The molecule has 1 fully saturated rings. The first-order valence-electron chi connectivity index (χ1n) is 11.0. The first-order chi connectivity index (χ1) is 16.0. The van der Waals surface area contributed by atoms with Crippen molar-refractivity contribution in [2.45, 2.75) is 31.7 Å². The molecular formula is C26H26N2O5. The minimum Gasteiger partial charge on any atom is -0.481 e. The van der Waals surface area contributed by atoms with Gasteiger partial charge in [0.15, 0.2) is 0 Å². The molecule has 0 bridgehead atoms. The highest BCUT2D eigenvalue weighted by Gasteiger charge is 2.43. The third-order valence-electron chi connectivity index (χ3n) is 6.21. The highest BCUT2D eigenvalue weighted by atomic mass is 16.5. The second-order valence-electron chi connectivity index (χ2n) is 8.34. The summed E-state index contributed by atoms with van der Waals surface area (Å²) in [6.45, 7) is 2.07. The van der Waals surface area contributed by atoms with E-state index in [1.807, 2.05) is 36.4 Å². The molecule has 0 aromatic heterocycles. The Labute approximate surface area is 192 Å². The Morgan fingerprint density at radius 3 is 2.30 bits per heavy atom. The summed E-state index contributed by atoms with van der Waals surface area (Å²) >= 11 is 0. The lowest BCUT2D eigenvalue weighted by Gasteiger charge is -2.18. The topological polar surface area (TPSA) is 105 Å². The van der Waals surface area contributed by atoms with Crippen LogP contribution in [-0.4, -0.2) is 42.3 Å². The molecule has 0 spiro atoms. The number of rotatable bonds is 8. The summed E-state index contributed by atoms with van der Waals surface area (Å²) in [6.07, 6.45) is -0.00115. The average molecular weight is 447 g/mol. The molecule has 0 aliphatic heterocycles. The van der Waals surface area contributed by atoms with Crippen molar-refractivity contribution < 1.29 is 24.2 Å². The van der Waals surface area contributed by atoms with Gasteiger partial charge in [-0.1, -0.05) is 48.5 Å². The molecule has 0 saturated heterocycles. The van der Waals surface area contributed by atoms with Crippen molar-refractivity contribution in [3.63, 3.8) is 0 Å². The summed E-state index contributed by atoms with van der Waals surface area (Å²) < 4.78 is 5.53. The highest BCUT2D eigenvalue weighted by molar-refractivity contribution is 5.86. The van der Waals surface area contributed by atoms with Gasteiger partial charge in [0.1, 0.15) is 12.6 Å². The molecule has 3 unspecified atom stereocenters. The van der Waals surface area contributed by atoms with Crippen LogP contribution >= 0.6 is 0 Å². The van der Waals surface area contributed by atoms with E-state index in [0.717, 1.165) is 22.3 Å². The maximum atomic E-state index is 12.6. The number of carbonyl (C=O) groups is 3. The molecular weight excluding hydrogens is 420 g/mol. The van der Waals surface area contributed by atoms with Gasteiger partial charge in [-0.05, 0) is 41.5 Å². The van der Waals surface area contributed by atoms with E-state index in [-0.39, 0.29) is 31.4 Å². The lowest BCUT2D eigenvalue weighted by atomic mass is 9.98. The molecule has 3 N–H and O–H groups in total. The third kappa shape index (κ3) is 5.01. The molecule has 0 radical (unpaired) electrons. The second kappa shape index (κ2) is 9.78. The largest absolute Gasteiger partial charge is 0.481 e. The van der Waals surface area contributed by atoms with Gasteiger partial charge in [-0.25, -0.2) is 4.79 Å². The van der Waals surface area contributed by atoms with Crippen LogP contribution in [0.1, 0.15) is 36.8 Å². The Hall–Kier alpha value is -3.79. The van der Waals surface area contributed by atoms with Gasteiger partial charge in [0.2, 0.25) is 5.91 Å². The van der Waals surface area contributed by atoms with Crippen molar-refractivity contribution in [3.05, 3.63) is 59.7 Å². The molecule has 1 saturated carbocycles. The Morgan fingerprint density at radius 1 is 1.09 bits per heavy atom. The Kier molecular flexibility index (Phi) is 6.64. The van der Waals surface area contributed by atoms with Gasteiger partial charge < -0.3 is 20.5 Å². The molecule has 7 heteroatoms. The molecule has 7 nitrogen and oxygen atoms in total. The van der Waals surface area contributed by atoms with Crippen molar-refractivity contribution in [1.29, 1.82) is 0 Å². The van der Waals surface area contributed by atoms with Gasteiger partial charge in [0.05, 0.1) is 5.92 Å². The first-order valence-corrected chi connectivity index (χ1v) is 11.0. The molecule has 33 heavy (non-hydrogen) atoms. The van der Waals surface area contributed by atoms with E-state index in [9.17, 15) is 14.4 Å². The SMILES string of the molecule is CC#CCC(NC(=O)OCC1c2ccccc2-c2ccccc21)C(=O)NCC1CC1C(=O)O. The fraction of sp³-hybridized carbons (Fsp3) is 0.346. The summed E-state index contributed by atoms with van der Waals surface area (Å²) in [6, 6.07) is 15.2. The normalized spacial score (nSPS) is 18.7. The fourth-order valence-corrected chi connectivity index (χ4v) is 4.33. The Morgan fingerprint density at radius 2 is 1.73 bits per heavy atom. The van der Waals surface area contributed by atoms with Crippen LogP contribution in [0.25, 0.3) is 11.1 Å². The maximum Gasteiger partial charge on any atom is 0.407 e. The van der Waals surface area contributed by atoms with Crippen molar-refractivity contribution in [1.82, 2.24) is 10.6 Å². The van der Waals surface area contributed by atoms with Crippen LogP contribution < -0.4 is 10.6 Å². The minimum absolute atomic E-state index is 0.0705. The maximum absolute atomic E-state index is 12.6. The lowest BCUT2D eigenvalue weighted by molar-refractivity contribution is -0.139. The van der Waals surface area contributed by atoms with Crippen molar-refractivity contribution in [3.8, 4) is 23.0 Å². The number of hydrogen-bond acceptors (Lipinski definition) is 4. The van der Waals surface area contributed by atoms with Crippen LogP contribution in [0, 0.1) is 23.7 Å². The number of carbonyl (C=O) groups excluding carboxylic acids is 2. The zero-order valence-corrected chi connectivity index (χ0v) is 18.3. The van der Waals surface area contributed by atoms with Crippen LogP contribution in [0.2, 0.25) is 0 Å². The van der Waals surface area contributed by atoms with E-state index in [1.54, 1.807) is 6.92 Å². The molecule has 4 rings (SSSR count). The number of alkyl carbamates (subject to hydrolysis) is 1. The van der Waals surface area contributed by atoms with Gasteiger partial charge in [-0.2, -0.15) is 0 Å². The fourth-order valence-electron chi connectivity index (χ4n) is 4.33. The Balaban J connectivity index is 1.35. The number of hydrogen-bond donors (Lipinski definition) is 3. The third-order valence-corrected chi connectivity index (χ3v) is 6.21. The van der Waals surface area contributed by atoms with E-state index in [4.69, 9.17) is 9.84 Å². The summed E-state index contributed by atoms with van der Waals surface area (Å²) in [5, 5.41) is 14.3. The number of fused-ring (bicyclic) bond motifs is 3. The Bertz CT molecular complexity index is 1090. The predicted molar refractivity (Wildman–Crippen MR) is 122 cm³/mol. The minimum atomic E-state index is -0.880. The predicted octanol–water partition coefficient (Wildman–Crippen LogP) is 3.14. The number of aliphatic carboxylic acids is 1.